The van der Waals surface area contributed by atoms with Crippen molar-refractivity contribution in [2.45, 2.75) is 6.18 Å². The fourth-order valence-electron chi connectivity index (χ4n) is 5.20. The quantitative estimate of drug-likeness (QED) is 0.260. The van der Waals surface area contributed by atoms with Crippen LogP contribution in [0.5, 0.6) is 0 Å². The van der Waals surface area contributed by atoms with Gasteiger partial charge in [0.2, 0.25) is 0 Å². The van der Waals surface area contributed by atoms with Crippen LogP contribution in [0.3, 0.4) is 0 Å². The first-order chi connectivity index (χ1) is 20.0. The molecule has 42 heavy (non-hydrogen) atoms. The van der Waals surface area contributed by atoms with E-state index in [1.165, 1.54) is 34.4 Å². The van der Waals surface area contributed by atoms with Gasteiger partial charge in [0.05, 0.1) is 33.2 Å². The van der Waals surface area contributed by atoms with Gasteiger partial charge in [0.15, 0.2) is 0 Å². The van der Waals surface area contributed by atoms with Gasteiger partial charge in [-0.15, -0.1) is 0 Å². The van der Waals surface area contributed by atoms with Gasteiger partial charge in [-0.25, -0.2) is 14.2 Å². The summed E-state index contributed by atoms with van der Waals surface area (Å²) in [7, 11) is 4.72. The van der Waals surface area contributed by atoms with E-state index in [4.69, 9.17) is 4.98 Å². The first-order valence-electron chi connectivity index (χ1n) is 12.9. The van der Waals surface area contributed by atoms with Gasteiger partial charge >= 0.3 is 11.9 Å². The molecule has 0 spiro atoms. The molecule has 1 N–H and O–H groups in total. The number of alkyl halides is 3. The van der Waals surface area contributed by atoms with Gasteiger partial charge in [0.1, 0.15) is 11.6 Å². The number of rotatable bonds is 4. The van der Waals surface area contributed by atoms with Crippen LogP contribution < -0.4 is 11.0 Å². The van der Waals surface area contributed by atoms with Gasteiger partial charge in [0.25, 0.3) is 5.91 Å². The minimum atomic E-state index is -4.55. The second-order valence-corrected chi connectivity index (χ2v) is 9.90. The molecular weight excluding hydrogens is 550 g/mol. The van der Waals surface area contributed by atoms with Crippen molar-refractivity contribution in [3.8, 4) is 28.2 Å². The van der Waals surface area contributed by atoms with Crippen molar-refractivity contribution in [2.75, 3.05) is 7.05 Å². The number of carbonyl (C=O) groups is 1. The number of nitrogens with zero attached hydrogens (tertiary/aromatic N) is 4. The summed E-state index contributed by atoms with van der Waals surface area (Å²) >= 11 is 0. The van der Waals surface area contributed by atoms with Crippen molar-refractivity contribution in [1.29, 1.82) is 0 Å². The highest BCUT2D eigenvalue weighted by atomic mass is 19.4. The summed E-state index contributed by atoms with van der Waals surface area (Å²) in [5.41, 5.74) is 3.19. The van der Waals surface area contributed by atoms with E-state index in [1.807, 2.05) is 0 Å². The van der Waals surface area contributed by atoms with Crippen molar-refractivity contribution in [3.63, 3.8) is 0 Å². The van der Waals surface area contributed by atoms with E-state index < -0.39 is 23.5 Å². The Kier molecular flexibility index (Phi) is 6.25. The van der Waals surface area contributed by atoms with E-state index in [2.05, 4.69) is 5.32 Å². The molecule has 0 saturated heterocycles. The lowest BCUT2D eigenvalue weighted by atomic mass is 10.0. The fraction of sp³-hybridized carbons (Fsp3) is 0.129. The maximum atomic E-state index is 14.7. The molecule has 2 aromatic heterocycles. The number of amides is 1. The molecule has 0 saturated carbocycles. The SMILES string of the molecule is CNC(=O)c1ccc(-c2ccc3c(c2)nc(-c2cccc(C(F)(F)F)c2)n3-c2ccc3c(c2)n(C)c(=O)n3C)cc1F. The van der Waals surface area contributed by atoms with E-state index in [-0.39, 0.29) is 22.6 Å². The summed E-state index contributed by atoms with van der Waals surface area (Å²) in [6.07, 6.45) is -4.55. The molecule has 0 aliphatic rings. The maximum absolute atomic E-state index is 14.7. The van der Waals surface area contributed by atoms with Gasteiger partial charge in [0, 0.05) is 32.4 Å². The van der Waals surface area contributed by atoms with Gasteiger partial charge in [-0.05, 0) is 65.7 Å². The fourth-order valence-corrected chi connectivity index (χ4v) is 5.20. The number of aromatic nitrogens is 4. The molecule has 6 aromatic rings. The van der Waals surface area contributed by atoms with E-state index in [9.17, 15) is 27.2 Å². The number of carbonyl (C=O) groups excluding carboxylic acids is 1. The molecule has 0 aliphatic carbocycles. The summed E-state index contributed by atoms with van der Waals surface area (Å²) in [4.78, 5) is 29.2. The van der Waals surface area contributed by atoms with E-state index in [0.29, 0.717) is 38.9 Å². The first-order valence-corrected chi connectivity index (χ1v) is 12.9. The maximum Gasteiger partial charge on any atom is 0.416 e. The molecule has 0 radical (unpaired) electrons. The summed E-state index contributed by atoms with van der Waals surface area (Å²) < 4.78 is 60.4. The second kappa shape index (κ2) is 9.72. The minimum absolute atomic E-state index is 0.0934. The number of benzene rings is 4. The first kappa shape index (κ1) is 27.0. The van der Waals surface area contributed by atoms with Crippen LogP contribution in [0.2, 0.25) is 0 Å². The predicted molar refractivity (Wildman–Crippen MR) is 152 cm³/mol. The van der Waals surface area contributed by atoms with Gasteiger partial charge in [-0.3, -0.25) is 18.5 Å². The topological polar surface area (TPSA) is 73.8 Å². The molecule has 6 rings (SSSR count). The summed E-state index contributed by atoms with van der Waals surface area (Å²) in [6, 6.07) is 19.7. The molecule has 7 nitrogen and oxygen atoms in total. The number of aryl methyl sites for hydroxylation is 2. The highest BCUT2D eigenvalue weighted by Gasteiger charge is 2.31. The van der Waals surface area contributed by atoms with Crippen molar-refractivity contribution in [1.82, 2.24) is 24.0 Å². The molecule has 0 unspecified atom stereocenters. The molecule has 0 atom stereocenters. The third kappa shape index (κ3) is 4.33. The number of imidazole rings is 2. The zero-order valence-electron chi connectivity index (χ0n) is 22.6. The van der Waals surface area contributed by atoms with Crippen LogP contribution in [-0.2, 0) is 20.3 Å². The van der Waals surface area contributed by atoms with Crippen LogP contribution in [0.25, 0.3) is 50.3 Å². The van der Waals surface area contributed by atoms with Crippen molar-refractivity contribution >= 4 is 28.0 Å². The Morgan fingerprint density at radius 2 is 1.50 bits per heavy atom. The molecule has 4 aromatic carbocycles. The molecule has 0 aliphatic heterocycles. The number of nitrogens with one attached hydrogen (secondary N) is 1. The minimum Gasteiger partial charge on any atom is -0.355 e. The number of fused-ring (bicyclic) bond motifs is 2. The third-order valence-electron chi connectivity index (χ3n) is 7.39. The van der Waals surface area contributed by atoms with E-state index in [0.717, 1.165) is 12.1 Å². The summed E-state index contributed by atoms with van der Waals surface area (Å²) in [6.45, 7) is 0. The third-order valence-corrected chi connectivity index (χ3v) is 7.39. The van der Waals surface area contributed by atoms with E-state index in [1.54, 1.807) is 67.2 Å². The van der Waals surface area contributed by atoms with Crippen LogP contribution in [-0.4, -0.2) is 31.6 Å². The Morgan fingerprint density at radius 1 is 0.810 bits per heavy atom. The Labute approximate surface area is 236 Å². The Bertz CT molecular complexity index is 2100. The van der Waals surface area contributed by atoms with Crippen molar-refractivity contribution in [3.05, 3.63) is 106 Å². The van der Waals surface area contributed by atoms with Crippen LogP contribution in [0.1, 0.15) is 15.9 Å². The largest absolute Gasteiger partial charge is 0.416 e. The number of halogens is 4. The normalized spacial score (nSPS) is 11.9. The standard InChI is InChI=1S/C31H23F4N5O2/c1-36-29(41)22-10-7-17(14-23(22)32)18-8-11-25-24(15-18)37-28(19-5-4-6-20(13-19)31(33,34)35)40(25)21-9-12-26-27(16-21)39(3)30(42)38(26)2/h4-16H,1-3H3,(H,36,41). The predicted octanol–water partition coefficient (Wildman–Crippen LogP) is 6.07. The lowest BCUT2D eigenvalue weighted by Gasteiger charge is -2.12. The summed E-state index contributed by atoms with van der Waals surface area (Å²) in [5, 5.41) is 2.40. The smallest absolute Gasteiger partial charge is 0.355 e. The van der Waals surface area contributed by atoms with Gasteiger partial charge in [-0.2, -0.15) is 13.2 Å². The summed E-state index contributed by atoms with van der Waals surface area (Å²) in [5.74, 6) is -0.981. The Hall–Kier alpha value is -5.19. The molecule has 0 fully saturated rings. The monoisotopic (exact) mass is 573 g/mol. The van der Waals surface area contributed by atoms with Gasteiger partial charge in [-0.1, -0.05) is 24.3 Å². The molecule has 2 heterocycles. The highest BCUT2D eigenvalue weighted by molar-refractivity contribution is 5.95. The average molecular weight is 574 g/mol. The van der Waals surface area contributed by atoms with Gasteiger partial charge < -0.3 is 5.32 Å². The van der Waals surface area contributed by atoms with Crippen molar-refractivity contribution in [2.24, 2.45) is 14.1 Å². The average Bonchev–Trinajstić information content (AvgIpc) is 3.46. The molecule has 1 amide bonds. The second-order valence-electron chi connectivity index (χ2n) is 9.90. The number of hydrogen-bond acceptors (Lipinski definition) is 3. The number of hydrogen-bond donors (Lipinski definition) is 1. The Balaban J connectivity index is 1.58. The lowest BCUT2D eigenvalue weighted by Crippen LogP contribution is -2.19. The zero-order chi connectivity index (χ0) is 29.9. The van der Waals surface area contributed by atoms with Crippen molar-refractivity contribution < 1.29 is 22.4 Å². The van der Waals surface area contributed by atoms with Crippen LogP contribution >= 0.6 is 0 Å². The van der Waals surface area contributed by atoms with Crippen LogP contribution in [0.4, 0.5) is 17.6 Å². The van der Waals surface area contributed by atoms with E-state index >= 15 is 0 Å². The van der Waals surface area contributed by atoms with Crippen LogP contribution in [0, 0.1) is 5.82 Å². The molecular formula is C31H23F4N5O2. The Morgan fingerprint density at radius 3 is 2.21 bits per heavy atom. The molecule has 212 valence electrons. The molecule has 0 bridgehead atoms. The molecule has 11 heteroatoms. The zero-order valence-corrected chi connectivity index (χ0v) is 22.6. The van der Waals surface area contributed by atoms with Crippen LogP contribution in [0.15, 0.2) is 83.7 Å². The highest BCUT2D eigenvalue weighted by Crippen LogP contribution is 2.36. The lowest BCUT2D eigenvalue weighted by molar-refractivity contribution is -0.137.